The Morgan fingerprint density at radius 3 is 2.20 bits per heavy atom. The van der Waals surface area contributed by atoms with Crippen LogP contribution in [0.4, 0.5) is 5.82 Å². The van der Waals surface area contributed by atoms with Gasteiger partial charge < -0.3 is 56.7 Å². The molecule has 1 aliphatic rings. The monoisotopic (exact) mass is 1190 g/mol. The molecule has 0 saturated carbocycles. The maximum Gasteiger partial charge on any atom is 0.271 e. The Morgan fingerprint density at radius 1 is 0.722 bits per heavy atom. The summed E-state index contributed by atoms with van der Waals surface area (Å²) in [5.41, 5.74) is 2.75. The number of methoxy groups -OCH3 is 1. The molecule has 9 rings (SSSR count). The van der Waals surface area contributed by atoms with Crippen LogP contribution in [0.2, 0.25) is 0 Å². The fraction of sp³-hybridized carbons (Fsp3) is 0.320. The van der Waals surface area contributed by atoms with E-state index in [1.54, 1.807) is 70.9 Å². The first-order valence-corrected chi connectivity index (χ1v) is 29.4. The van der Waals surface area contributed by atoms with Crippen LogP contribution in [0, 0.1) is 12.8 Å². The number of aliphatic hydroxyl groups excluding tert-OH is 3. The molecule has 7 aromatic heterocycles. The molecule has 412 valence electrons. The lowest BCUT2D eigenvalue weighted by molar-refractivity contribution is -0.122. The number of rotatable bonds is 13. The van der Waals surface area contributed by atoms with Gasteiger partial charge in [-0.15, -0.1) is 68.0 Å². The number of thiazole rings is 6. The van der Waals surface area contributed by atoms with E-state index in [1.807, 2.05) is 13.8 Å². The molecule has 5 amide bonds. The third-order valence-electron chi connectivity index (χ3n) is 11.9. The molecular weight excluding hydrogens is 1140 g/mol. The number of anilines is 1. The number of carbonyl (C=O) groups excluding carboxylic acids is 5. The van der Waals surface area contributed by atoms with E-state index < -0.39 is 66.7 Å². The molecule has 0 spiro atoms. The summed E-state index contributed by atoms with van der Waals surface area (Å²) in [6.45, 7) is 4.58. The average molecular weight is 1190 g/mol. The molecule has 8 aromatic rings. The predicted octanol–water partition coefficient (Wildman–Crippen LogP) is 6.01. The molecule has 0 aliphatic carbocycles. The number of benzene rings is 1. The molecule has 9 N–H and O–H groups in total. The van der Waals surface area contributed by atoms with Crippen LogP contribution in [0.25, 0.3) is 43.4 Å². The number of aliphatic hydroxyl groups is 3. The minimum absolute atomic E-state index is 0.0000977. The summed E-state index contributed by atoms with van der Waals surface area (Å²) in [4.78, 5) is 104. The van der Waals surface area contributed by atoms with Crippen molar-refractivity contribution < 1.29 is 48.8 Å². The van der Waals surface area contributed by atoms with Crippen molar-refractivity contribution in [1.82, 2.24) is 61.5 Å². The third-order valence-corrected chi connectivity index (χ3v) is 17.6. The van der Waals surface area contributed by atoms with Crippen molar-refractivity contribution in [3.63, 3.8) is 0 Å². The van der Waals surface area contributed by atoms with Gasteiger partial charge in [0, 0.05) is 46.1 Å². The number of pyridine rings is 1. The van der Waals surface area contributed by atoms with Gasteiger partial charge in [0.2, 0.25) is 18.2 Å². The summed E-state index contributed by atoms with van der Waals surface area (Å²) in [7, 11) is 2.94. The molecule has 5 atom stereocenters. The van der Waals surface area contributed by atoms with Crippen LogP contribution in [-0.2, 0) is 25.7 Å². The summed E-state index contributed by atoms with van der Waals surface area (Å²) in [6.07, 6.45) is -2.92. The molecule has 79 heavy (non-hydrogen) atoms. The van der Waals surface area contributed by atoms with Crippen LogP contribution in [0.5, 0.6) is 0 Å². The Morgan fingerprint density at radius 2 is 1.44 bits per heavy atom. The van der Waals surface area contributed by atoms with Gasteiger partial charge in [-0.3, -0.25) is 24.0 Å². The van der Waals surface area contributed by atoms with Gasteiger partial charge >= 0.3 is 0 Å². The molecule has 0 radical (unpaired) electrons. The summed E-state index contributed by atoms with van der Waals surface area (Å²) >= 11 is 7.19. The topological polar surface area (TPSA) is 327 Å². The van der Waals surface area contributed by atoms with E-state index in [9.17, 15) is 34.2 Å². The van der Waals surface area contributed by atoms with Gasteiger partial charge in [-0.05, 0) is 30.5 Å². The molecule has 29 heteroatoms. The van der Waals surface area contributed by atoms with Crippen molar-refractivity contribution in [3.05, 3.63) is 111 Å². The van der Waals surface area contributed by atoms with Crippen molar-refractivity contribution in [2.24, 2.45) is 5.92 Å². The Bertz CT molecular complexity index is 3480. The molecule has 0 fully saturated rings. The first-order valence-electron chi connectivity index (χ1n) is 24.2. The number of hydrogen-bond acceptors (Lipinski definition) is 24. The normalized spacial score (nSPS) is 17.1. The number of ether oxygens (including phenoxy) is 2. The fourth-order valence-corrected chi connectivity index (χ4v) is 13.5. The highest BCUT2D eigenvalue weighted by molar-refractivity contribution is 7.15. The number of aromatic nitrogens is 7. The number of carbonyl (C=O) groups is 5. The number of hydrogen-bond donors (Lipinski definition) is 9. The Balaban J connectivity index is 1.12. The SMILES string of the molecule is CNC(=O)C[C@@H]1NC(=O)c2csc(n2)-c2ccc(-c3nc(NC(O)OCCO)cs3)nc2-c2csc(n2)-c2csc(n2)[C@H]([C@@H](O)c2ccccc2)NC(=O)CNC(=O)c2nc(sc2COC)[C@H](C(C)C)NC(=O)c2nc1sc2C. The maximum atomic E-state index is 14.2. The van der Waals surface area contributed by atoms with E-state index >= 15 is 0 Å². The molecule has 1 aliphatic heterocycles. The van der Waals surface area contributed by atoms with E-state index in [4.69, 9.17) is 34.5 Å². The first kappa shape index (κ1) is 56.8. The van der Waals surface area contributed by atoms with Crippen molar-refractivity contribution in [3.8, 4) is 43.4 Å². The van der Waals surface area contributed by atoms with Gasteiger partial charge in [0.15, 0.2) is 0 Å². The van der Waals surface area contributed by atoms with Crippen LogP contribution in [0.1, 0.15) is 106 Å². The zero-order chi connectivity index (χ0) is 55.9. The van der Waals surface area contributed by atoms with Crippen LogP contribution >= 0.6 is 68.0 Å². The van der Waals surface area contributed by atoms with E-state index in [1.165, 1.54) is 70.8 Å². The van der Waals surface area contributed by atoms with E-state index in [0.717, 1.165) is 11.3 Å². The lowest BCUT2D eigenvalue weighted by Gasteiger charge is -2.23. The number of fused-ring (bicyclic) bond motifs is 14. The van der Waals surface area contributed by atoms with Crippen molar-refractivity contribution in [2.45, 2.75) is 64.4 Å². The highest BCUT2D eigenvalue weighted by Gasteiger charge is 2.33. The van der Waals surface area contributed by atoms with Crippen LogP contribution in [-0.4, -0.2) is 120 Å². The second kappa shape index (κ2) is 25.5. The highest BCUT2D eigenvalue weighted by atomic mass is 32.1. The largest absolute Gasteiger partial charge is 0.394 e. The number of nitrogens with one attached hydrogen (secondary N) is 6. The van der Waals surface area contributed by atoms with E-state index in [2.05, 4.69) is 46.9 Å². The fourth-order valence-electron chi connectivity index (χ4n) is 7.98. The molecule has 10 bridgehead atoms. The smallest absolute Gasteiger partial charge is 0.271 e. The lowest BCUT2D eigenvalue weighted by atomic mass is 10.0. The van der Waals surface area contributed by atoms with Crippen molar-refractivity contribution >= 4 is 103 Å². The third kappa shape index (κ3) is 13.2. The molecular formula is C50H51N13O10S6. The van der Waals surface area contributed by atoms with E-state index in [-0.39, 0.29) is 49.2 Å². The van der Waals surface area contributed by atoms with Gasteiger partial charge in [0.25, 0.3) is 17.7 Å². The quantitative estimate of drug-likeness (QED) is 0.0597. The van der Waals surface area contributed by atoms with Crippen molar-refractivity contribution in [1.29, 1.82) is 0 Å². The second-order valence-electron chi connectivity index (χ2n) is 17.8. The van der Waals surface area contributed by atoms with Crippen molar-refractivity contribution in [2.75, 3.05) is 39.2 Å². The number of nitrogens with zero attached hydrogens (tertiary/aromatic N) is 7. The van der Waals surface area contributed by atoms with Gasteiger partial charge in [0.05, 0.1) is 55.4 Å². The highest BCUT2D eigenvalue weighted by Crippen LogP contribution is 2.40. The zero-order valence-corrected chi connectivity index (χ0v) is 47.5. The van der Waals surface area contributed by atoms with Gasteiger partial charge in [0.1, 0.15) is 82.2 Å². The predicted molar refractivity (Wildman–Crippen MR) is 300 cm³/mol. The lowest BCUT2D eigenvalue weighted by Crippen LogP contribution is -2.40. The Hall–Kier alpha value is -6.90. The van der Waals surface area contributed by atoms with Crippen LogP contribution < -0.4 is 31.9 Å². The summed E-state index contributed by atoms with van der Waals surface area (Å²) in [6, 6.07) is 9.51. The standard InChI is InChI=1S/C50H51N13O10S6/c1-22(2)35-49-63-38(31(79-49)17-72-5)42(69)52-16-34(66)60-39(40(67)24-9-7-6-8-10-24)48-57-30(20-76-48)46-55-28(18-75-46)37-25(11-12-26(53-37)45-58-32(21-77-45)59-50(71)73-14-13-64)44-56-29(19-74-44)41(68)54-27(15-33(65)51-4)47-62-36(23(3)78-47)43(70)61-35/h6-12,18-22,27,35,39-40,50,59,64,67,71H,13-17H2,1-5H3,(H,51,65)(H,52,69)(H,54,68)(H,60,66)(H,61,70)/t27-,35-,39-,40-,50?/m0/s1. The number of aryl methyl sites for hydroxylation is 1. The van der Waals surface area contributed by atoms with Gasteiger partial charge in [-0.1, -0.05) is 44.2 Å². The van der Waals surface area contributed by atoms with Gasteiger partial charge in [-0.2, -0.15) is 0 Å². The molecule has 23 nitrogen and oxygen atoms in total. The number of amides is 5. The van der Waals surface area contributed by atoms with E-state index in [0.29, 0.717) is 79.5 Å². The summed E-state index contributed by atoms with van der Waals surface area (Å²) in [5.74, 6) is -2.82. The second-order valence-corrected chi connectivity index (χ2v) is 23.6. The average Bonchev–Trinajstić information content (AvgIpc) is 4.35. The minimum Gasteiger partial charge on any atom is -0.394 e. The molecule has 1 aromatic carbocycles. The molecule has 8 heterocycles. The maximum absolute atomic E-state index is 14.2. The Kier molecular flexibility index (Phi) is 18.3. The Labute approximate surface area is 475 Å². The first-order chi connectivity index (χ1) is 38.1. The van der Waals surface area contributed by atoms with Gasteiger partial charge in [-0.25, -0.2) is 34.9 Å². The minimum atomic E-state index is -1.43. The zero-order valence-electron chi connectivity index (χ0n) is 42.6. The van der Waals surface area contributed by atoms with Crippen LogP contribution in [0.3, 0.4) is 0 Å². The summed E-state index contributed by atoms with van der Waals surface area (Å²) < 4.78 is 10.6. The molecule has 1 unspecified atom stereocenters. The summed E-state index contributed by atoms with van der Waals surface area (Å²) in [5, 5.41) is 57.2. The molecule has 0 saturated heterocycles. The van der Waals surface area contributed by atoms with Crippen LogP contribution in [0.15, 0.2) is 64.0 Å².